The SMILES string of the molecule is Cc1cccc(C)c1OCC(=O)c1ccc2c(c1)N(CCCC(=O)NC(C)c1ccccc1)C(=O)CO2. The van der Waals surface area contributed by atoms with Crippen molar-refractivity contribution in [3.63, 3.8) is 0 Å². The molecule has 1 aliphatic heterocycles. The first-order valence-corrected chi connectivity index (χ1v) is 12.5. The van der Waals surface area contributed by atoms with Gasteiger partial charge in [-0.05, 0) is 62.1 Å². The quantitative estimate of drug-likeness (QED) is 0.398. The van der Waals surface area contributed by atoms with Crippen molar-refractivity contribution in [1.82, 2.24) is 5.32 Å². The Kier molecular flexibility index (Phi) is 8.23. The van der Waals surface area contributed by atoms with E-state index in [1.165, 1.54) is 0 Å². The van der Waals surface area contributed by atoms with Gasteiger partial charge in [-0.25, -0.2) is 0 Å². The average molecular weight is 501 g/mol. The molecule has 1 heterocycles. The molecule has 1 atom stereocenters. The Hall–Kier alpha value is -4.13. The van der Waals surface area contributed by atoms with Crippen molar-refractivity contribution in [1.29, 1.82) is 0 Å². The highest BCUT2D eigenvalue weighted by Crippen LogP contribution is 2.33. The molecule has 3 aromatic rings. The third-order valence-corrected chi connectivity index (χ3v) is 6.44. The number of nitrogens with zero attached hydrogens (tertiary/aromatic N) is 1. The molecular formula is C30H32N2O5. The van der Waals surface area contributed by atoms with E-state index in [0.717, 1.165) is 16.7 Å². The highest BCUT2D eigenvalue weighted by Gasteiger charge is 2.26. The molecule has 3 aromatic carbocycles. The predicted molar refractivity (Wildman–Crippen MR) is 142 cm³/mol. The molecule has 0 saturated heterocycles. The fourth-order valence-corrected chi connectivity index (χ4v) is 4.41. The lowest BCUT2D eigenvalue weighted by molar-refractivity contribution is -0.123. The van der Waals surface area contributed by atoms with Crippen LogP contribution in [-0.2, 0) is 9.59 Å². The lowest BCUT2D eigenvalue weighted by Crippen LogP contribution is -2.40. The summed E-state index contributed by atoms with van der Waals surface area (Å²) in [6, 6.07) is 20.5. The molecule has 4 rings (SSSR count). The van der Waals surface area contributed by atoms with Gasteiger partial charge >= 0.3 is 0 Å². The number of hydrogen-bond donors (Lipinski definition) is 1. The molecule has 0 radical (unpaired) electrons. The molecule has 1 N–H and O–H groups in total. The monoisotopic (exact) mass is 500 g/mol. The zero-order chi connectivity index (χ0) is 26.4. The van der Waals surface area contributed by atoms with E-state index < -0.39 is 0 Å². The Balaban J connectivity index is 1.37. The van der Waals surface area contributed by atoms with Gasteiger partial charge in [0.15, 0.2) is 19.0 Å². The molecule has 2 amide bonds. The number of anilines is 1. The van der Waals surface area contributed by atoms with Crippen LogP contribution < -0.4 is 19.7 Å². The van der Waals surface area contributed by atoms with E-state index in [0.29, 0.717) is 35.7 Å². The number of carbonyl (C=O) groups excluding carboxylic acids is 3. The van der Waals surface area contributed by atoms with Crippen LogP contribution >= 0.6 is 0 Å². The minimum absolute atomic E-state index is 0.0762. The summed E-state index contributed by atoms with van der Waals surface area (Å²) in [5.41, 5.74) is 3.93. The highest BCUT2D eigenvalue weighted by molar-refractivity contribution is 6.02. The van der Waals surface area contributed by atoms with Crippen molar-refractivity contribution in [3.05, 3.63) is 89.0 Å². The first kappa shape index (κ1) is 25.9. The van der Waals surface area contributed by atoms with Crippen LogP contribution in [0.15, 0.2) is 66.7 Å². The van der Waals surface area contributed by atoms with Gasteiger partial charge in [0.25, 0.3) is 5.91 Å². The Morgan fingerprint density at radius 3 is 2.49 bits per heavy atom. The second-order valence-corrected chi connectivity index (χ2v) is 9.25. The number of ether oxygens (including phenoxy) is 2. The smallest absolute Gasteiger partial charge is 0.265 e. The lowest BCUT2D eigenvalue weighted by Gasteiger charge is -2.29. The van der Waals surface area contributed by atoms with Crippen LogP contribution in [0.5, 0.6) is 11.5 Å². The van der Waals surface area contributed by atoms with E-state index in [1.807, 2.05) is 69.3 Å². The molecule has 37 heavy (non-hydrogen) atoms. The van der Waals surface area contributed by atoms with E-state index in [4.69, 9.17) is 9.47 Å². The van der Waals surface area contributed by atoms with Crippen LogP contribution in [0.2, 0.25) is 0 Å². The molecule has 0 saturated carbocycles. The molecule has 0 fully saturated rings. The number of benzene rings is 3. The van der Waals surface area contributed by atoms with Gasteiger partial charge < -0.3 is 19.7 Å². The van der Waals surface area contributed by atoms with Gasteiger partial charge in [0.1, 0.15) is 11.5 Å². The number of rotatable bonds is 10. The Morgan fingerprint density at radius 2 is 1.76 bits per heavy atom. The maximum Gasteiger partial charge on any atom is 0.265 e. The maximum absolute atomic E-state index is 12.9. The highest BCUT2D eigenvalue weighted by atomic mass is 16.5. The van der Waals surface area contributed by atoms with E-state index >= 15 is 0 Å². The van der Waals surface area contributed by atoms with Crippen LogP contribution in [-0.4, -0.2) is 37.4 Å². The Morgan fingerprint density at radius 1 is 1.03 bits per heavy atom. The number of para-hydroxylation sites is 1. The van der Waals surface area contributed by atoms with Crippen LogP contribution in [0, 0.1) is 13.8 Å². The largest absolute Gasteiger partial charge is 0.485 e. The number of fused-ring (bicyclic) bond motifs is 1. The van der Waals surface area contributed by atoms with Crippen molar-refractivity contribution in [2.24, 2.45) is 0 Å². The molecule has 7 heteroatoms. The van der Waals surface area contributed by atoms with Gasteiger partial charge in [-0.1, -0.05) is 48.5 Å². The normalized spacial score (nSPS) is 13.4. The van der Waals surface area contributed by atoms with Gasteiger partial charge in [0.2, 0.25) is 5.91 Å². The summed E-state index contributed by atoms with van der Waals surface area (Å²) in [6.07, 6.45) is 0.756. The molecule has 192 valence electrons. The number of hydrogen-bond acceptors (Lipinski definition) is 5. The number of aryl methyl sites for hydroxylation is 2. The zero-order valence-electron chi connectivity index (χ0n) is 21.5. The average Bonchev–Trinajstić information content (AvgIpc) is 2.89. The van der Waals surface area contributed by atoms with Crippen molar-refractivity contribution in [2.75, 3.05) is 24.7 Å². The maximum atomic E-state index is 12.9. The van der Waals surface area contributed by atoms with E-state index in [-0.39, 0.29) is 43.3 Å². The van der Waals surface area contributed by atoms with E-state index in [2.05, 4.69) is 5.32 Å². The molecule has 1 unspecified atom stereocenters. The topological polar surface area (TPSA) is 84.9 Å². The van der Waals surface area contributed by atoms with Crippen LogP contribution in [0.3, 0.4) is 0 Å². The Labute approximate surface area is 217 Å². The lowest BCUT2D eigenvalue weighted by atomic mass is 10.1. The fraction of sp³-hybridized carbons (Fsp3) is 0.300. The van der Waals surface area contributed by atoms with E-state index in [1.54, 1.807) is 23.1 Å². The standard InChI is InChI=1S/C30H32N2O5/c1-20-9-7-10-21(2)30(20)37-18-26(33)24-14-15-27-25(17-24)32(29(35)19-36-27)16-8-13-28(34)31-22(3)23-11-5-4-6-12-23/h4-7,9-12,14-15,17,22H,8,13,16,18-19H2,1-3H3,(H,31,34). The molecule has 0 aromatic heterocycles. The predicted octanol–water partition coefficient (Wildman–Crippen LogP) is 4.95. The van der Waals surface area contributed by atoms with Gasteiger partial charge in [-0.15, -0.1) is 0 Å². The summed E-state index contributed by atoms with van der Waals surface area (Å²) < 4.78 is 11.4. The minimum atomic E-state index is -0.207. The van der Waals surface area contributed by atoms with Crippen LogP contribution in [0.4, 0.5) is 5.69 Å². The first-order valence-electron chi connectivity index (χ1n) is 12.5. The second-order valence-electron chi connectivity index (χ2n) is 9.25. The molecule has 7 nitrogen and oxygen atoms in total. The third-order valence-electron chi connectivity index (χ3n) is 6.44. The number of amides is 2. The fourth-order valence-electron chi connectivity index (χ4n) is 4.41. The molecule has 1 aliphatic rings. The molecular weight excluding hydrogens is 468 g/mol. The molecule has 0 spiro atoms. The number of nitrogens with one attached hydrogen (secondary N) is 1. The van der Waals surface area contributed by atoms with Crippen molar-refractivity contribution in [3.8, 4) is 11.5 Å². The summed E-state index contributed by atoms with van der Waals surface area (Å²) in [4.78, 5) is 39.6. The van der Waals surface area contributed by atoms with Gasteiger partial charge in [0, 0.05) is 18.5 Å². The van der Waals surface area contributed by atoms with Gasteiger partial charge in [-0.2, -0.15) is 0 Å². The number of Topliss-reactive ketones (excluding diaryl/α,β-unsaturated/α-hetero) is 1. The van der Waals surface area contributed by atoms with Crippen molar-refractivity contribution >= 4 is 23.3 Å². The third kappa shape index (κ3) is 6.36. The molecule has 0 bridgehead atoms. The van der Waals surface area contributed by atoms with Crippen molar-refractivity contribution in [2.45, 2.75) is 39.7 Å². The first-order chi connectivity index (χ1) is 17.8. The minimum Gasteiger partial charge on any atom is -0.485 e. The number of ketones is 1. The molecule has 0 aliphatic carbocycles. The summed E-state index contributed by atoms with van der Waals surface area (Å²) in [5.74, 6) is 0.757. The zero-order valence-corrected chi connectivity index (χ0v) is 21.5. The van der Waals surface area contributed by atoms with Gasteiger partial charge in [0.05, 0.1) is 11.7 Å². The summed E-state index contributed by atoms with van der Waals surface area (Å²) in [5, 5.41) is 3.00. The van der Waals surface area contributed by atoms with Crippen LogP contribution in [0.1, 0.15) is 52.9 Å². The van der Waals surface area contributed by atoms with Crippen LogP contribution in [0.25, 0.3) is 0 Å². The summed E-state index contributed by atoms with van der Waals surface area (Å²) >= 11 is 0. The second kappa shape index (κ2) is 11.7. The van der Waals surface area contributed by atoms with E-state index in [9.17, 15) is 14.4 Å². The number of carbonyl (C=O) groups is 3. The van der Waals surface area contributed by atoms with Crippen molar-refractivity contribution < 1.29 is 23.9 Å². The Bertz CT molecular complexity index is 1270. The summed E-state index contributed by atoms with van der Waals surface area (Å²) in [6.45, 7) is 5.98. The summed E-state index contributed by atoms with van der Waals surface area (Å²) in [7, 11) is 0. The van der Waals surface area contributed by atoms with Gasteiger partial charge in [-0.3, -0.25) is 14.4 Å².